The average molecular weight is 1740 g/mol. The minimum absolute atomic E-state index is 0.00556. The van der Waals surface area contributed by atoms with Crippen LogP contribution in [0.15, 0.2) is 73.8 Å². The molecular formula is C53H81N43O22S2. The number of carboxylic acids is 8. The first-order valence-electron chi connectivity index (χ1n) is 32.7. The summed E-state index contributed by atoms with van der Waals surface area (Å²) in [5, 5.41) is 116. The van der Waals surface area contributed by atoms with Gasteiger partial charge in [0.15, 0.2) is 11.8 Å². The number of hydrogen-bond donors (Lipinski definition) is 21. The summed E-state index contributed by atoms with van der Waals surface area (Å²) in [6.07, 6.45) is 4.48. The summed E-state index contributed by atoms with van der Waals surface area (Å²) in [7, 11) is 0. The zero-order valence-electron chi connectivity index (χ0n) is 62.2. The molecular weight excluding hydrogens is 1650 g/mol. The molecule has 0 fully saturated rings. The third-order valence-electron chi connectivity index (χ3n) is 12.3. The number of hydrogen-bond acceptors (Lipinski definition) is 38. The molecule has 0 unspecified atom stereocenters. The number of nitrogens with one attached hydrogen (secondary N) is 5. The zero-order chi connectivity index (χ0) is 91.3. The number of ether oxygens (including phenoxy) is 1. The van der Waals surface area contributed by atoms with Gasteiger partial charge in [-0.1, -0.05) is 40.9 Å². The van der Waals surface area contributed by atoms with E-state index in [-0.39, 0.29) is 141 Å². The topological polar surface area (TPSA) is 1120 Å². The lowest BCUT2D eigenvalue weighted by Gasteiger charge is -2.08. The fourth-order valence-electron chi connectivity index (χ4n) is 6.46. The van der Waals surface area contributed by atoms with Crippen LogP contribution in [-0.2, 0) is 113 Å². The van der Waals surface area contributed by atoms with Crippen molar-refractivity contribution >= 4 is 88.5 Å². The van der Waals surface area contributed by atoms with Crippen molar-refractivity contribution in [1.29, 1.82) is 0 Å². The molecule has 120 heavy (non-hydrogen) atoms. The maximum atomic E-state index is 11.0. The van der Waals surface area contributed by atoms with Gasteiger partial charge in [-0.3, -0.25) is 43.2 Å². The number of urea groups is 1. The lowest BCUT2D eigenvalue weighted by molar-refractivity contribution is -0.139. The summed E-state index contributed by atoms with van der Waals surface area (Å²) in [6.45, 7) is 0.567. The van der Waals surface area contributed by atoms with Gasteiger partial charge in [-0.25, -0.2) is 29.5 Å². The first-order valence-corrected chi connectivity index (χ1v) is 34.4. The van der Waals surface area contributed by atoms with Gasteiger partial charge in [0, 0.05) is 121 Å². The van der Waals surface area contributed by atoms with Gasteiger partial charge >= 0.3 is 59.9 Å². The summed E-state index contributed by atoms with van der Waals surface area (Å²) in [5.41, 5.74) is 108. The Hall–Kier alpha value is -15.2. The predicted octanol–water partition coefficient (Wildman–Crippen LogP) is 0.311. The van der Waals surface area contributed by atoms with Gasteiger partial charge in [-0.05, 0) is 50.7 Å². The molecule has 5 rings (SSSR count). The molecule has 67 heteroatoms. The number of nitrogens with two attached hydrogens (primary N) is 8. The third kappa shape index (κ3) is 57.7. The van der Waals surface area contributed by atoms with E-state index in [0.29, 0.717) is 45.0 Å². The Morgan fingerprint density at radius 1 is 0.458 bits per heavy atom. The summed E-state index contributed by atoms with van der Waals surface area (Å²) in [6, 6.07) is -8.97. The molecule has 0 aliphatic rings. The molecule has 29 N–H and O–H groups in total. The number of aromatic nitrogens is 7. The number of alkyl carbamates (subject to hydrolysis) is 1. The Morgan fingerprint density at radius 2 is 0.900 bits per heavy atom. The van der Waals surface area contributed by atoms with E-state index in [4.69, 9.17) is 140 Å². The van der Waals surface area contributed by atoms with E-state index >= 15 is 0 Å². The number of aromatic amines is 1. The van der Waals surface area contributed by atoms with Crippen LogP contribution in [0.4, 0.5) is 9.59 Å². The van der Waals surface area contributed by atoms with Crippen molar-refractivity contribution in [3.63, 3.8) is 0 Å². The number of oxazole rings is 2. The normalized spacial score (nSPS) is 11.5. The minimum atomic E-state index is -1.22. The van der Waals surface area contributed by atoms with Crippen molar-refractivity contribution in [2.24, 2.45) is 86.8 Å². The highest BCUT2D eigenvalue weighted by atomic mass is 32.1. The van der Waals surface area contributed by atoms with E-state index in [2.05, 4.69) is 142 Å². The summed E-state index contributed by atoms with van der Waals surface area (Å²) >= 11 is 2.61. The molecule has 8 atom stereocenters. The Morgan fingerprint density at radius 3 is 1.43 bits per heavy atom. The first-order chi connectivity index (χ1) is 56.9. The molecule has 0 saturated heterocycles. The van der Waals surface area contributed by atoms with E-state index in [1.165, 1.54) is 35.1 Å². The molecule has 0 aliphatic heterocycles. The van der Waals surface area contributed by atoms with E-state index in [1.54, 1.807) is 11.6 Å². The van der Waals surface area contributed by atoms with Crippen molar-refractivity contribution in [2.45, 2.75) is 126 Å². The summed E-state index contributed by atoms with van der Waals surface area (Å²) < 4.78 is 14.5. The second-order valence-corrected chi connectivity index (χ2v) is 23.7. The number of azide groups is 8. The SMILES string of the molecule is [N-]=[N+]=NCCCC(=O)NC[C@H](N)C(=O)O.[N-]=[N+]=NCCNC(=O)NC[C@H](N)C(=O)O.[N-]=[N+]=NCCOC(=O)NC[C@H](N)C(=O)O.[N-]=[N+]=NCc1cnc(C[C@H](N)C(=O)O)o1.[N-]=[N+]=NCc1cnc(C[C@H](N)C(=O)O)s1.[N-]=[N+]=NCc1coc(C[C@H](N)C(=O)O)n1.[N-]=[N+]=NCc1csc(C[C@H](N)C(=O)O)n1.[N-]=[N+]=NCc1n[nH]nc1C[C@H](N)C(=O)O. The lowest BCUT2D eigenvalue weighted by Crippen LogP contribution is -2.46. The van der Waals surface area contributed by atoms with Crippen molar-refractivity contribution in [3.8, 4) is 0 Å². The van der Waals surface area contributed by atoms with Crippen molar-refractivity contribution in [1.82, 2.24) is 56.6 Å². The van der Waals surface area contributed by atoms with Crippen molar-refractivity contribution in [3.05, 3.63) is 163 Å². The molecule has 0 aromatic carbocycles. The Balaban J connectivity index is -0.00000130. The average Bonchev–Trinajstić information content (AvgIpc) is 1.79. The summed E-state index contributed by atoms with van der Waals surface area (Å²) in [5.74, 6) is -8.54. The molecule has 0 saturated carbocycles. The lowest BCUT2D eigenvalue weighted by atomic mass is 10.1. The van der Waals surface area contributed by atoms with E-state index in [1.807, 2.05) is 0 Å². The number of nitrogens with zero attached hydrogens (tertiary/aromatic N) is 30. The van der Waals surface area contributed by atoms with Crippen LogP contribution in [0.3, 0.4) is 0 Å². The molecule has 0 bridgehead atoms. The number of amides is 4. The first kappa shape index (κ1) is 109. The molecule has 5 aromatic heterocycles. The highest BCUT2D eigenvalue weighted by Gasteiger charge is 2.21. The number of aliphatic carboxylic acids is 8. The molecule has 65 nitrogen and oxygen atoms in total. The zero-order valence-corrected chi connectivity index (χ0v) is 63.8. The van der Waals surface area contributed by atoms with Gasteiger partial charge < -0.3 is 122 Å². The molecule has 4 amide bonds. The van der Waals surface area contributed by atoms with Gasteiger partial charge in [0.25, 0.3) is 0 Å². The number of H-pyrrole nitrogens is 1. The fraction of sp³-hybridized carbons (Fsp3) is 0.528. The molecule has 0 aliphatic carbocycles. The number of thiazole rings is 2. The van der Waals surface area contributed by atoms with Crippen LogP contribution in [0.25, 0.3) is 83.5 Å². The van der Waals surface area contributed by atoms with Crippen LogP contribution in [-0.4, -0.2) is 243 Å². The largest absolute Gasteiger partial charge is 0.480 e. The van der Waals surface area contributed by atoms with Gasteiger partial charge in [-0.15, -0.1) is 22.7 Å². The van der Waals surface area contributed by atoms with E-state index in [0.717, 1.165) is 4.88 Å². The van der Waals surface area contributed by atoms with Crippen LogP contribution in [0, 0.1) is 0 Å². The van der Waals surface area contributed by atoms with Gasteiger partial charge in [0.1, 0.15) is 60.4 Å². The standard InChI is InChI=1S/2C7H9N5O3.C7H13N5O3.2C7H9N5O2S.C6H9N7O2.C6H12N6O3.C6H11N5O4/c8-5(7(13)14)1-6-11-4(3-15-6)2-10-12-9;8-5(7(13)14)1-6-10-2-4(15-6)3-11-12-9;8-5(7(14)15)4-10-6(13)2-1-3-11-12-9;8-5(7(13)14)1-6-11-4(3-15-6)2-10-12-9;8-5(7(13)14)1-6-10-2-4(15-6)3-11-12-9;7-3(6(14)15)1-4-5(2-9-12-8)11-13-10-4;7-4(5(13)14)3-10-6(15)9-1-2-11-12-8;7-4(5(12)13)3-9-6(14)15-2-1-10-11-8/h3,5H,1-2,8H2,(H,13,14);2,5H,1,3,8H2,(H,13,14);5H,1-4,8H2,(H,10,13)(H,14,15);3,5H,1-2,8H2,(H,13,14);2,5H,1,3,8H2,(H,13,14);3H,1-2,7H2,(H,14,15)(H,10,11,13);4H,1-3,7H2,(H,13,14)(H2,9,10,15);4H,1-3,7H2,(H,9,14)(H,12,13)/t5*5-;3-;2*4-/m00000000/s1. The van der Waals surface area contributed by atoms with Gasteiger partial charge in [-0.2, -0.15) is 15.4 Å². The Kier molecular flexibility index (Phi) is 60.9. The molecule has 0 spiro atoms. The number of carboxylic acid groups (broad SMARTS) is 8. The van der Waals surface area contributed by atoms with E-state index in [9.17, 15) is 52.7 Å². The van der Waals surface area contributed by atoms with Crippen LogP contribution in [0.2, 0.25) is 0 Å². The van der Waals surface area contributed by atoms with Crippen LogP contribution in [0.5, 0.6) is 0 Å². The third-order valence-corrected chi connectivity index (χ3v) is 14.3. The maximum Gasteiger partial charge on any atom is 0.407 e. The van der Waals surface area contributed by atoms with E-state index < -0.39 is 108 Å². The van der Waals surface area contributed by atoms with Gasteiger partial charge in [0.05, 0.1) is 97.7 Å². The predicted molar refractivity (Wildman–Crippen MR) is 406 cm³/mol. The highest BCUT2D eigenvalue weighted by molar-refractivity contribution is 7.11. The smallest absolute Gasteiger partial charge is 0.407 e. The second kappa shape index (κ2) is 67.1. The molecule has 5 heterocycles. The summed E-state index contributed by atoms with van der Waals surface area (Å²) in [4.78, 5) is 153. The van der Waals surface area contributed by atoms with Crippen LogP contribution in [0.1, 0.15) is 68.1 Å². The van der Waals surface area contributed by atoms with Crippen LogP contribution < -0.4 is 67.1 Å². The van der Waals surface area contributed by atoms with Crippen molar-refractivity contribution in [2.75, 3.05) is 52.4 Å². The molecule has 5 aromatic rings. The molecule has 0 radical (unpaired) electrons. The van der Waals surface area contributed by atoms with Crippen molar-refractivity contribution < 1.29 is 107 Å². The molecule has 652 valence electrons. The maximum absolute atomic E-state index is 11.0. The fourth-order valence-corrected chi connectivity index (χ4v) is 8.20. The monoisotopic (exact) mass is 1740 g/mol. The van der Waals surface area contributed by atoms with Gasteiger partial charge in [0.2, 0.25) is 5.91 Å². The second-order valence-electron chi connectivity index (χ2n) is 21.6. The highest BCUT2D eigenvalue weighted by Crippen LogP contribution is 2.16. The number of carbonyl (C=O) groups excluding carboxylic acids is 3. The van der Waals surface area contributed by atoms with Crippen LogP contribution >= 0.6 is 22.7 Å². The Bertz CT molecular complexity index is 4010. The minimum Gasteiger partial charge on any atom is -0.480 e. The number of carbonyl (C=O) groups is 11. The Labute approximate surface area is 677 Å². The number of rotatable bonds is 44. The quantitative estimate of drug-likeness (QED) is 0.0108.